The predicted molar refractivity (Wildman–Crippen MR) is 144 cm³/mol. The monoisotopic (exact) mass is 579 g/mol. The van der Waals surface area contributed by atoms with E-state index >= 15 is 0 Å². The van der Waals surface area contributed by atoms with Gasteiger partial charge in [-0.2, -0.15) is 13.2 Å². The first kappa shape index (κ1) is 29.7. The van der Waals surface area contributed by atoms with Crippen molar-refractivity contribution in [1.29, 1.82) is 0 Å². The lowest BCUT2D eigenvalue weighted by Gasteiger charge is -2.37. The molecule has 1 aromatic carbocycles. The number of rotatable bonds is 7. The molecule has 2 unspecified atom stereocenters. The van der Waals surface area contributed by atoms with Crippen LogP contribution in [0, 0.1) is 5.92 Å². The number of ether oxygens (including phenoxy) is 2. The third kappa shape index (κ3) is 6.37. The fourth-order valence-corrected chi connectivity index (χ4v) is 5.97. The Kier molecular flexibility index (Phi) is 8.96. The minimum atomic E-state index is -4.51. The van der Waals surface area contributed by atoms with Crippen molar-refractivity contribution in [2.24, 2.45) is 10.9 Å². The summed E-state index contributed by atoms with van der Waals surface area (Å²) in [5.74, 6) is -1.54. The molecule has 2 atom stereocenters. The van der Waals surface area contributed by atoms with Crippen LogP contribution < -0.4 is 0 Å². The number of nitrogens with zero attached hydrogens (tertiary/aromatic N) is 3. The van der Waals surface area contributed by atoms with Gasteiger partial charge >= 0.3 is 18.1 Å². The Morgan fingerprint density at radius 2 is 1.88 bits per heavy atom. The number of hydrogen-bond donors (Lipinski definition) is 0. The van der Waals surface area contributed by atoms with Crippen molar-refractivity contribution < 1.29 is 37.0 Å². The van der Waals surface area contributed by atoms with E-state index in [0.717, 1.165) is 12.1 Å². The lowest BCUT2D eigenvalue weighted by molar-refractivity contribution is -0.151. The number of piperidine rings is 1. The van der Waals surface area contributed by atoms with Gasteiger partial charge in [0.15, 0.2) is 5.17 Å². The van der Waals surface area contributed by atoms with Gasteiger partial charge in [0, 0.05) is 18.8 Å². The van der Waals surface area contributed by atoms with Crippen LogP contribution in [0.1, 0.15) is 64.1 Å². The van der Waals surface area contributed by atoms with E-state index in [1.807, 2.05) is 0 Å². The zero-order valence-electron chi connectivity index (χ0n) is 22.8. The number of fused-ring (bicyclic) bond motifs is 1. The maximum absolute atomic E-state index is 13.4. The third-order valence-electron chi connectivity index (χ3n) is 6.84. The molecule has 0 aromatic heterocycles. The summed E-state index contributed by atoms with van der Waals surface area (Å²) in [6.45, 7) is 7.83. The van der Waals surface area contributed by atoms with Gasteiger partial charge < -0.3 is 19.3 Å². The molecule has 3 aliphatic heterocycles. The molecular weight excluding hydrogens is 547 g/mol. The molecule has 216 valence electrons. The minimum absolute atomic E-state index is 0.0374. The van der Waals surface area contributed by atoms with E-state index in [-0.39, 0.29) is 42.9 Å². The Labute approximate surface area is 235 Å². The average Bonchev–Trinajstić information content (AvgIpc) is 3.28. The van der Waals surface area contributed by atoms with Crippen LogP contribution in [-0.4, -0.2) is 58.6 Å². The lowest BCUT2D eigenvalue weighted by atomic mass is 9.93. The molecule has 0 radical (unpaired) electrons. The van der Waals surface area contributed by atoms with Crippen LogP contribution in [0.5, 0.6) is 0 Å². The molecule has 0 aliphatic carbocycles. The number of allylic oxidation sites excluding steroid dienone is 1. The Hall–Kier alpha value is -3.28. The normalized spacial score (nSPS) is 21.2. The number of carbonyl (C=O) groups is 3. The molecule has 3 aliphatic rings. The molecule has 40 heavy (non-hydrogen) atoms. The molecule has 0 spiro atoms. The van der Waals surface area contributed by atoms with Crippen LogP contribution in [0.2, 0.25) is 0 Å². The van der Waals surface area contributed by atoms with Crippen molar-refractivity contribution in [3.05, 3.63) is 57.8 Å². The smallest absolute Gasteiger partial charge is 0.416 e. The number of alkyl halides is 3. The molecule has 8 nitrogen and oxygen atoms in total. The van der Waals surface area contributed by atoms with Gasteiger partial charge in [-0.25, -0.2) is 9.79 Å². The molecule has 1 fully saturated rings. The molecule has 0 bridgehead atoms. The number of hydrogen-bond acceptors (Lipinski definition) is 8. The topological polar surface area (TPSA) is 88.5 Å². The van der Waals surface area contributed by atoms with Crippen molar-refractivity contribution in [2.45, 2.75) is 65.3 Å². The first-order valence-corrected chi connectivity index (χ1v) is 14.1. The fraction of sp³-hybridized carbons (Fsp3) is 0.500. The Morgan fingerprint density at radius 3 is 2.50 bits per heavy atom. The van der Waals surface area contributed by atoms with Crippen LogP contribution in [0.4, 0.5) is 13.2 Å². The number of esters is 2. The Morgan fingerprint density at radius 1 is 1.18 bits per heavy atom. The standard InChI is InChI=1S/C28H32F3N3O5S/c1-5-38-25(36)19-7-6-12-33(14-19)22(35)13-21-15-40-27-32-17(4)23(26(37)39-16(2)3)24(34(21)27)18-8-10-20(11-9-18)28(29,30)31/h8-11,15-16,19,24H,5-7,12-14H2,1-4H3. The molecule has 3 heterocycles. The molecule has 12 heteroatoms. The van der Waals surface area contributed by atoms with E-state index in [0.29, 0.717) is 41.5 Å². The van der Waals surface area contributed by atoms with Crippen LogP contribution in [0.3, 0.4) is 0 Å². The summed E-state index contributed by atoms with van der Waals surface area (Å²) in [5, 5.41) is 2.28. The number of benzene rings is 1. The highest BCUT2D eigenvalue weighted by atomic mass is 32.2. The lowest BCUT2D eigenvalue weighted by Crippen LogP contribution is -2.44. The average molecular weight is 580 g/mol. The molecule has 0 N–H and O–H groups in total. The van der Waals surface area contributed by atoms with Crippen LogP contribution in [0.15, 0.2) is 51.6 Å². The van der Waals surface area contributed by atoms with Gasteiger partial charge in [0.25, 0.3) is 0 Å². The summed E-state index contributed by atoms with van der Waals surface area (Å²) >= 11 is 1.28. The number of halogens is 3. The van der Waals surface area contributed by atoms with Gasteiger partial charge in [0.05, 0.1) is 47.9 Å². The quantitative estimate of drug-likeness (QED) is 0.399. The number of carbonyl (C=O) groups excluding carboxylic acids is 3. The zero-order valence-corrected chi connectivity index (χ0v) is 23.6. The highest BCUT2D eigenvalue weighted by Crippen LogP contribution is 2.45. The highest BCUT2D eigenvalue weighted by Gasteiger charge is 2.42. The van der Waals surface area contributed by atoms with Crippen molar-refractivity contribution in [3.8, 4) is 0 Å². The van der Waals surface area contributed by atoms with E-state index < -0.39 is 29.9 Å². The summed E-state index contributed by atoms with van der Waals surface area (Å²) in [6.07, 6.45) is -3.67. The number of amidine groups is 1. The largest absolute Gasteiger partial charge is 0.466 e. The summed E-state index contributed by atoms with van der Waals surface area (Å²) in [6, 6.07) is 3.78. The van der Waals surface area contributed by atoms with E-state index in [9.17, 15) is 27.6 Å². The van der Waals surface area contributed by atoms with Gasteiger partial charge in [0.2, 0.25) is 5.91 Å². The summed E-state index contributed by atoms with van der Waals surface area (Å²) in [7, 11) is 0. The van der Waals surface area contributed by atoms with Crippen molar-refractivity contribution in [2.75, 3.05) is 19.7 Å². The Balaban J connectivity index is 1.64. The molecule has 0 saturated carbocycles. The fourth-order valence-electron chi connectivity index (χ4n) is 5.00. The zero-order chi connectivity index (χ0) is 29.2. The number of likely N-dealkylation sites (tertiary alicyclic amines) is 1. The molecule has 4 rings (SSSR count). The molecule has 1 aromatic rings. The minimum Gasteiger partial charge on any atom is -0.466 e. The SMILES string of the molecule is CCOC(=O)C1CCCN(C(=O)CC2=CSC3=NC(C)=C(C(=O)OC(C)C)C(c4ccc(C(F)(F)F)cc4)N23)C1. The van der Waals surface area contributed by atoms with E-state index in [1.165, 1.54) is 23.9 Å². The summed E-state index contributed by atoms with van der Waals surface area (Å²) in [5.41, 5.74) is 0.758. The van der Waals surface area contributed by atoms with Gasteiger partial charge in [-0.15, -0.1) is 0 Å². The maximum atomic E-state index is 13.4. The number of aliphatic imine (C=N–C) groups is 1. The van der Waals surface area contributed by atoms with Crippen molar-refractivity contribution >= 4 is 34.8 Å². The molecule has 1 saturated heterocycles. The number of thioether (sulfide) groups is 1. The van der Waals surface area contributed by atoms with Crippen molar-refractivity contribution in [3.63, 3.8) is 0 Å². The molecular formula is C28H32F3N3O5S. The number of amides is 1. The first-order chi connectivity index (χ1) is 18.9. The first-order valence-electron chi connectivity index (χ1n) is 13.2. The van der Waals surface area contributed by atoms with Gasteiger partial charge in [-0.3, -0.25) is 9.59 Å². The highest BCUT2D eigenvalue weighted by molar-refractivity contribution is 8.16. The predicted octanol–water partition coefficient (Wildman–Crippen LogP) is 5.42. The second-order valence-electron chi connectivity index (χ2n) is 10.1. The van der Waals surface area contributed by atoms with Crippen molar-refractivity contribution in [1.82, 2.24) is 9.80 Å². The third-order valence-corrected chi connectivity index (χ3v) is 7.73. The van der Waals surface area contributed by atoms with Crippen LogP contribution >= 0.6 is 11.8 Å². The summed E-state index contributed by atoms with van der Waals surface area (Å²) in [4.78, 5) is 46.9. The van der Waals surface area contributed by atoms with E-state index in [2.05, 4.69) is 4.99 Å². The van der Waals surface area contributed by atoms with E-state index in [1.54, 1.807) is 42.9 Å². The van der Waals surface area contributed by atoms with Gasteiger partial charge in [-0.1, -0.05) is 23.9 Å². The second kappa shape index (κ2) is 12.1. The van der Waals surface area contributed by atoms with Crippen LogP contribution in [0.25, 0.3) is 0 Å². The van der Waals surface area contributed by atoms with Gasteiger partial charge in [-0.05, 0) is 63.6 Å². The Bertz CT molecular complexity index is 1260. The van der Waals surface area contributed by atoms with Crippen LogP contribution in [-0.2, 0) is 30.0 Å². The molecule has 1 amide bonds. The van der Waals surface area contributed by atoms with E-state index in [4.69, 9.17) is 9.47 Å². The maximum Gasteiger partial charge on any atom is 0.416 e. The second-order valence-corrected chi connectivity index (χ2v) is 10.9. The summed E-state index contributed by atoms with van der Waals surface area (Å²) < 4.78 is 50.5. The van der Waals surface area contributed by atoms with Gasteiger partial charge in [0.1, 0.15) is 0 Å².